The van der Waals surface area contributed by atoms with Crippen LogP contribution in [0.1, 0.15) is 19.8 Å². The molecule has 4 heteroatoms. The lowest BCUT2D eigenvalue weighted by molar-refractivity contribution is -0.131. The molecule has 0 saturated carbocycles. The average Bonchev–Trinajstić information content (AvgIpc) is 2.17. The van der Waals surface area contributed by atoms with Crippen molar-refractivity contribution in [1.29, 1.82) is 0 Å². The first-order valence-corrected chi connectivity index (χ1v) is 4.82. The maximum atomic E-state index is 10.4. The first kappa shape index (κ1) is 11.2. The van der Waals surface area contributed by atoms with Crippen LogP contribution in [-0.4, -0.2) is 42.4 Å². The Morgan fingerprint density at radius 2 is 2.14 bits per heavy atom. The summed E-state index contributed by atoms with van der Waals surface area (Å²) in [6, 6.07) is 0. The second kappa shape index (κ2) is 5.12. The van der Waals surface area contributed by atoms with Crippen molar-refractivity contribution in [3.8, 4) is 0 Å². The van der Waals surface area contributed by atoms with Gasteiger partial charge in [0.15, 0.2) is 0 Å². The van der Waals surface area contributed by atoms with E-state index < -0.39 is 5.97 Å². The van der Waals surface area contributed by atoms with Crippen LogP contribution in [-0.2, 0) is 9.53 Å². The molecule has 1 fully saturated rings. The lowest BCUT2D eigenvalue weighted by Gasteiger charge is -2.32. The second-order valence-electron chi connectivity index (χ2n) is 3.51. The third-order valence-electron chi connectivity index (χ3n) is 2.62. The van der Waals surface area contributed by atoms with Crippen molar-refractivity contribution in [2.45, 2.75) is 26.0 Å². The van der Waals surface area contributed by atoms with Crippen molar-refractivity contribution in [2.75, 3.05) is 20.2 Å². The van der Waals surface area contributed by atoms with Crippen molar-refractivity contribution >= 4 is 5.97 Å². The maximum absolute atomic E-state index is 10.4. The number of nitrogens with zero attached hydrogens (tertiary/aromatic N) is 1. The van der Waals surface area contributed by atoms with Gasteiger partial charge in [-0.2, -0.15) is 0 Å². The van der Waals surface area contributed by atoms with Crippen molar-refractivity contribution in [2.24, 2.45) is 0 Å². The van der Waals surface area contributed by atoms with Crippen LogP contribution in [0.25, 0.3) is 0 Å². The number of piperidine rings is 1. The van der Waals surface area contributed by atoms with Gasteiger partial charge in [-0.1, -0.05) is 5.57 Å². The number of carbonyl (C=O) groups is 1. The highest BCUT2D eigenvalue weighted by Gasteiger charge is 2.18. The first-order chi connectivity index (χ1) is 6.63. The highest BCUT2D eigenvalue weighted by molar-refractivity contribution is 5.80. The molecule has 0 bridgehead atoms. The Kier molecular flexibility index (Phi) is 4.10. The number of rotatable bonds is 3. The molecule has 1 aliphatic heterocycles. The predicted octanol–water partition coefficient (Wildman–Crippen LogP) is 1.09. The quantitative estimate of drug-likeness (QED) is 0.691. The van der Waals surface area contributed by atoms with Gasteiger partial charge in [-0.15, -0.1) is 0 Å². The summed E-state index contributed by atoms with van der Waals surface area (Å²) in [5.74, 6) is -0.840. The summed E-state index contributed by atoms with van der Waals surface area (Å²) < 4.78 is 5.20. The molecule has 1 N–H and O–H groups in total. The van der Waals surface area contributed by atoms with Crippen LogP contribution >= 0.6 is 0 Å². The molecule has 0 spiro atoms. The standard InChI is InChI=1S/C10H17NO3/c1-8(14-2)11-5-3-9(4-6-11)7-10(12)13/h7-8H,3-6H2,1-2H3,(H,12,13). The monoisotopic (exact) mass is 199 g/mol. The number of likely N-dealkylation sites (tertiary alicyclic amines) is 1. The molecule has 1 heterocycles. The van der Waals surface area contributed by atoms with E-state index in [4.69, 9.17) is 9.84 Å². The normalized spacial score (nSPS) is 20.6. The van der Waals surface area contributed by atoms with E-state index in [9.17, 15) is 4.79 Å². The summed E-state index contributed by atoms with van der Waals surface area (Å²) in [6.45, 7) is 3.77. The third-order valence-corrected chi connectivity index (χ3v) is 2.62. The van der Waals surface area contributed by atoms with Gasteiger partial charge < -0.3 is 9.84 Å². The number of hydrogen-bond donors (Lipinski definition) is 1. The van der Waals surface area contributed by atoms with Crippen LogP contribution in [0.5, 0.6) is 0 Å². The number of carboxylic acids is 1. The van der Waals surface area contributed by atoms with Gasteiger partial charge in [0.25, 0.3) is 0 Å². The third kappa shape index (κ3) is 3.12. The Morgan fingerprint density at radius 1 is 1.57 bits per heavy atom. The van der Waals surface area contributed by atoms with Gasteiger partial charge in [0.2, 0.25) is 0 Å². The van der Waals surface area contributed by atoms with Crippen LogP contribution < -0.4 is 0 Å². The summed E-state index contributed by atoms with van der Waals surface area (Å²) >= 11 is 0. The molecule has 1 aliphatic rings. The van der Waals surface area contributed by atoms with Crippen LogP contribution in [0.15, 0.2) is 11.6 Å². The number of carboxylic acid groups (broad SMARTS) is 1. The molecule has 0 radical (unpaired) electrons. The van der Waals surface area contributed by atoms with Crippen LogP contribution in [0.4, 0.5) is 0 Å². The molecule has 4 nitrogen and oxygen atoms in total. The first-order valence-electron chi connectivity index (χ1n) is 4.82. The molecule has 0 aromatic heterocycles. The second-order valence-corrected chi connectivity index (χ2v) is 3.51. The molecular formula is C10H17NO3. The Morgan fingerprint density at radius 3 is 2.57 bits per heavy atom. The molecule has 1 rings (SSSR count). The van der Waals surface area contributed by atoms with E-state index >= 15 is 0 Å². The lowest BCUT2D eigenvalue weighted by Crippen LogP contribution is -2.39. The van der Waals surface area contributed by atoms with Gasteiger partial charge in [-0.25, -0.2) is 4.79 Å². The molecule has 1 atom stereocenters. The van der Waals surface area contributed by atoms with Crippen LogP contribution in [0.3, 0.4) is 0 Å². The van der Waals surface area contributed by atoms with E-state index in [-0.39, 0.29) is 6.23 Å². The fourth-order valence-electron chi connectivity index (χ4n) is 1.64. The summed E-state index contributed by atoms with van der Waals surface area (Å²) in [5, 5.41) is 8.57. The molecule has 0 aliphatic carbocycles. The van der Waals surface area contributed by atoms with Crippen LogP contribution in [0, 0.1) is 0 Å². The Hall–Kier alpha value is -0.870. The number of methoxy groups -OCH3 is 1. The molecule has 0 aromatic carbocycles. The number of ether oxygens (including phenoxy) is 1. The fraction of sp³-hybridized carbons (Fsp3) is 0.700. The van der Waals surface area contributed by atoms with E-state index in [1.54, 1.807) is 7.11 Å². The highest BCUT2D eigenvalue weighted by atomic mass is 16.5. The highest BCUT2D eigenvalue weighted by Crippen LogP contribution is 2.17. The molecule has 1 saturated heterocycles. The number of hydrogen-bond acceptors (Lipinski definition) is 3. The van der Waals surface area contributed by atoms with Gasteiger partial charge in [0.1, 0.15) is 6.23 Å². The van der Waals surface area contributed by atoms with Gasteiger partial charge in [-0.3, -0.25) is 4.90 Å². The van der Waals surface area contributed by atoms with Crippen LogP contribution in [0.2, 0.25) is 0 Å². The minimum absolute atomic E-state index is 0.126. The van der Waals surface area contributed by atoms with Gasteiger partial charge >= 0.3 is 5.97 Å². The SMILES string of the molecule is COC(C)N1CCC(=CC(=O)O)CC1. The van der Waals surface area contributed by atoms with E-state index in [2.05, 4.69) is 4.90 Å². The fourth-order valence-corrected chi connectivity index (χ4v) is 1.64. The molecule has 1 unspecified atom stereocenters. The molecular weight excluding hydrogens is 182 g/mol. The zero-order valence-electron chi connectivity index (χ0n) is 8.69. The summed E-state index contributed by atoms with van der Waals surface area (Å²) in [5.41, 5.74) is 1.03. The Bertz CT molecular complexity index is 228. The van der Waals surface area contributed by atoms with Crippen molar-refractivity contribution in [3.05, 3.63) is 11.6 Å². The van der Waals surface area contributed by atoms with Crippen molar-refractivity contribution in [3.63, 3.8) is 0 Å². The molecule has 80 valence electrons. The van der Waals surface area contributed by atoms with E-state index in [0.717, 1.165) is 31.5 Å². The maximum Gasteiger partial charge on any atom is 0.328 e. The van der Waals surface area contributed by atoms with Gasteiger partial charge in [-0.05, 0) is 19.8 Å². The van der Waals surface area contributed by atoms with E-state index in [1.165, 1.54) is 6.08 Å². The Balaban J connectivity index is 2.42. The largest absolute Gasteiger partial charge is 0.478 e. The molecule has 0 amide bonds. The minimum atomic E-state index is -0.840. The summed E-state index contributed by atoms with van der Waals surface area (Å²) in [6.07, 6.45) is 3.12. The Labute approximate surface area is 84.2 Å². The molecule has 0 aromatic rings. The summed E-state index contributed by atoms with van der Waals surface area (Å²) in [4.78, 5) is 12.6. The summed E-state index contributed by atoms with van der Waals surface area (Å²) in [7, 11) is 1.69. The zero-order chi connectivity index (χ0) is 10.6. The van der Waals surface area contributed by atoms with Gasteiger partial charge in [0.05, 0.1) is 0 Å². The minimum Gasteiger partial charge on any atom is -0.478 e. The van der Waals surface area contributed by atoms with Crippen molar-refractivity contribution in [1.82, 2.24) is 4.90 Å². The van der Waals surface area contributed by atoms with E-state index in [1.807, 2.05) is 6.92 Å². The smallest absolute Gasteiger partial charge is 0.328 e. The predicted molar refractivity (Wildman–Crippen MR) is 53.0 cm³/mol. The lowest BCUT2D eigenvalue weighted by atomic mass is 10.0. The average molecular weight is 199 g/mol. The van der Waals surface area contributed by atoms with E-state index in [0.29, 0.717) is 0 Å². The van der Waals surface area contributed by atoms with Gasteiger partial charge in [0, 0.05) is 26.3 Å². The number of aliphatic carboxylic acids is 1. The molecule has 14 heavy (non-hydrogen) atoms. The zero-order valence-corrected chi connectivity index (χ0v) is 8.69. The van der Waals surface area contributed by atoms with Crippen molar-refractivity contribution < 1.29 is 14.6 Å². The topological polar surface area (TPSA) is 49.8 Å².